The third-order valence-corrected chi connectivity index (χ3v) is 8.51. The topological polar surface area (TPSA) is 38.8 Å². The van der Waals surface area contributed by atoms with Crippen LogP contribution in [-0.4, -0.2) is 19.1 Å². The van der Waals surface area contributed by atoms with E-state index in [1.165, 1.54) is 37.7 Å². The van der Waals surface area contributed by atoms with Crippen LogP contribution >= 0.6 is 0 Å². The molecule has 5 rings (SSSR count). The van der Waals surface area contributed by atoms with Crippen molar-refractivity contribution in [2.75, 3.05) is 18.0 Å². The van der Waals surface area contributed by atoms with E-state index in [4.69, 9.17) is 9.47 Å². The van der Waals surface area contributed by atoms with Crippen molar-refractivity contribution >= 4 is 11.7 Å². The minimum atomic E-state index is -0.996. The van der Waals surface area contributed by atoms with Crippen molar-refractivity contribution < 1.29 is 14.3 Å². The van der Waals surface area contributed by atoms with Crippen LogP contribution in [-0.2, 0) is 16.8 Å². The summed E-state index contributed by atoms with van der Waals surface area (Å²) in [5.74, 6) is 1.28. The van der Waals surface area contributed by atoms with Crippen molar-refractivity contribution in [1.29, 1.82) is 0 Å². The molecule has 0 aliphatic carbocycles. The molecule has 0 amide bonds. The van der Waals surface area contributed by atoms with Gasteiger partial charge in [-0.3, -0.25) is 0 Å². The van der Waals surface area contributed by atoms with E-state index in [0.29, 0.717) is 5.56 Å². The molecule has 0 bridgehead atoms. The first-order chi connectivity index (χ1) is 19.6. The number of rotatable bonds is 14. The predicted octanol–water partition coefficient (Wildman–Crippen LogP) is 9.56. The van der Waals surface area contributed by atoms with E-state index in [1.54, 1.807) is 0 Å². The average Bonchev–Trinajstić information content (AvgIpc) is 3.27. The Morgan fingerprint density at radius 2 is 1.40 bits per heavy atom. The molecule has 2 aliphatic rings. The number of unbranched alkanes of at least 4 members (excludes halogenated alkanes) is 7. The fourth-order valence-corrected chi connectivity index (χ4v) is 6.24. The van der Waals surface area contributed by atoms with Crippen LogP contribution in [0.5, 0.6) is 11.5 Å². The molecule has 0 fully saturated rings. The first-order valence-electron chi connectivity index (χ1n) is 15.7. The van der Waals surface area contributed by atoms with Crippen molar-refractivity contribution in [3.63, 3.8) is 0 Å². The predicted molar refractivity (Wildman–Crippen MR) is 164 cm³/mol. The second kappa shape index (κ2) is 12.9. The van der Waals surface area contributed by atoms with Gasteiger partial charge in [0.2, 0.25) is 0 Å². The number of carbonyl (C=O) groups excluding carboxylic acids is 1. The van der Waals surface area contributed by atoms with Gasteiger partial charge in [-0.1, -0.05) is 90.0 Å². The Bertz CT molecular complexity index is 1310. The molecule has 0 saturated heterocycles. The second-order valence-electron chi connectivity index (χ2n) is 11.4. The number of ether oxygens (including phenoxy) is 2. The summed E-state index contributed by atoms with van der Waals surface area (Å²) >= 11 is 0. The van der Waals surface area contributed by atoms with Gasteiger partial charge < -0.3 is 14.4 Å². The van der Waals surface area contributed by atoms with E-state index in [-0.39, 0.29) is 5.97 Å². The van der Waals surface area contributed by atoms with Crippen molar-refractivity contribution in [3.05, 3.63) is 88.5 Å². The van der Waals surface area contributed by atoms with Gasteiger partial charge in [0, 0.05) is 41.5 Å². The zero-order chi connectivity index (χ0) is 28.0. The number of esters is 1. The minimum Gasteiger partial charge on any atom is -0.456 e. The maximum absolute atomic E-state index is 13.3. The molecule has 0 aromatic heterocycles. The number of hydrogen-bond acceptors (Lipinski definition) is 4. The molecule has 4 heteroatoms. The SMILES string of the molecule is CCCCCCCCc1ccc2c(c1)C1(OC(=O)c3ccccc31)c1ccc(N(CCCC)CCCC)cc1O2. The summed E-state index contributed by atoms with van der Waals surface area (Å²) in [4.78, 5) is 15.8. The summed E-state index contributed by atoms with van der Waals surface area (Å²) in [5, 5.41) is 0. The fraction of sp³-hybridized carbons (Fsp3) is 0.472. The number of anilines is 1. The highest BCUT2D eigenvalue weighted by molar-refractivity contribution is 5.97. The van der Waals surface area contributed by atoms with E-state index in [9.17, 15) is 4.79 Å². The molecule has 0 saturated carbocycles. The highest BCUT2D eigenvalue weighted by Gasteiger charge is 2.53. The lowest BCUT2D eigenvalue weighted by molar-refractivity contribution is 0.0224. The third-order valence-electron chi connectivity index (χ3n) is 8.51. The molecular formula is C36H45NO3. The van der Waals surface area contributed by atoms with Gasteiger partial charge in [-0.05, 0) is 61.6 Å². The molecule has 2 heterocycles. The second-order valence-corrected chi connectivity index (χ2v) is 11.4. The molecule has 212 valence electrons. The first-order valence-corrected chi connectivity index (χ1v) is 15.7. The Hall–Kier alpha value is -3.27. The van der Waals surface area contributed by atoms with Crippen LogP contribution < -0.4 is 9.64 Å². The average molecular weight is 540 g/mol. The van der Waals surface area contributed by atoms with Crippen LogP contribution in [0, 0.1) is 0 Å². The molecule has 4 nitrogen and oxygen atoms in total. The van der Waals surface area contributed by atoms with E-state index in [2.05, 4.69) is 62.1 Å². The monoisotopic (exact) mass is 539 g/mol. The summed E-state index contributed by atoms with van der Waals surface area (Å²) in [5.41, 5.74) is 4.82. The maximum Gasteiger partial charge on any atom is 0.340 e. The number of aryl methyl sites for hydroxylation is 1. The van der Waals surface area contributed by atoms with Crippen molar-refractivity contribution in [2.24, 2.45) is 0 Å². The van der Waals surface area contributed by atoms with Crippen LogP contribution in [0.15, 0.2) is 60.7 Å². The highest BCUT2D eigenvalue weighted by atomic mass is 16.6. The molecule has 1 atom stereocenters. The highest BCUT2D eigenvalue weighted by Crippen LogP contribution is 2.56. The van der Waals surface area contributed by atoms with Crippen LogP contribution in [0.2, 0.25) is 0 Å². The third kappa shape index (κ3) is 5.50. The van der Waals surface area contributed by atoms with Gasteiger partial charge in [-0.25, -0.2) is 4.79 Å². The largest absolute Gasteiger partial charge is 0.456 e. The van der Waals surface area contributed by atoms with Crippen molar-refractivity contribution in [3.8, 4) is 11.5 Å². The van der Waals surface area contributed by atoms with E-state index in [1.807, 2.05) is 24.3 Å². The Labute approximate surface area is 240 Å². The Balaban J connectivity index is 1.53. The van der Waals surface area contributed by atoms with Crippen LogP contribution in [0.4, 0.5) is 5.69 Å². The van der Waals surface area contributed by atoms with E-state index >= 15 is 0 Å². The molecule has 1 spiro atoms. The molecule has 40 heavy (non-hydrogen) atoms. The molecule has 3 aromatic rings. The molecular weight excluding hydrogens is 494 g/mol. The summed E-state index contributed by atoms with van der Waals surface area (Å²) < 4.78 is 13.1. The molecule has 3 aromatic carbocycles. The zero-order valence-electron chi connectivity index (χ0n) is 24.6. The summed E-state index contributed by atoms with van der Waals surface area (Å²) in [6.45, 7) is 8.78. The van der Waals surface area contributed by atoms with Gasteiger partial charge in [0.05, 0.1) is 5.56 Å². The zero-order valence-corrected chi connectivity index (χ0v) is 24.6. The molecule has 0 radical (unpaired) electrons. The molecule has 1 unspecified atom stereocenters. The Morgan fingerprint density at radius 3 is 2.17 bits per heavy atom. The molecule has 0 N–H and O–H groups in total. The fourth-order valence-electron chi connectivity index (χ4n) is 6.24. The number of fused-ring (bicyclic) bond motifs is 6. The number of nitrogens with zero attached hydrogens (tertiary/aromatic N) is 1. The summed E-state index contributed by atoms with van der Waals surface area (Å²) in [6.07, 6.45) is 13.3. The Kier molecular flexibility index (Phi) is 9.14. The lowest BCUT2D eigenvalue weighted by Crippen LogP contribution is -2.33. The number of carbonyl (C=O) groups is 1. The number of hydrogen-bond donors (Lipinski definition) is 0. The van der Waals surface area contributed by atoms with Gasteiger partial charge >= 0.3 is 5.97 Å². The molecule has 2 aliphatic heterocycles. The Morgan fingerprint density at radius 1 is 0.675 bits per heavy atom. The lowest BCUT2D eigenvalue weighted by atomic mass is 9.77. The van der Waals surface area contributed by atoms with Gasteiger partial charge in [0.15, 0.2) is 5.60 Å². The lowest BCUT2D eigenvalue weighted by Gasteiger charge is -2.37. The smallest absolute Gasteiger partial charge is 0.340 e. The van der Waals surface area contributed by atoms with Crippen molar-refractivity contribution in [2.45, 2.75) is 97.0 Å². The summed E-state index contributed by atoms with van der Waals surface area (Å²) in [6, 6.07) is 20.8. The van der Waals surface area contributed by atoms with E-state index < -0.39 is 5.60 Å². The quantitative estimate of drug-likeness (QED) is 0.151. The van der Waals surface area contributed by atoms with Gasteiger partial charge in [0.1, 0.15) is 11.5 Å². The number of benzene rings is 3. The minimum absolute atomic E-state index is 0.271. The maximum atomic E-state index is 13.3. The van der Waals surface area contributed by atoms with Gasteiger partial charge in [0.25, 0.3) is 0 Å². The van der Waals surface area contributed by atoms with Crippen LogP contribution in [0.1, 0.15) is 118 Å². The standard InChI is InChI=1S/C36H45NO3/c1-4-7-10-11-12-13-16-27-19-22-33-32(25-27)36(30-18-15-14-17-29(30)35(38)40-36)31-21-20-28(26-34(31)39-33)37(23-8-5-2)24-9-6-3/h14-15,17-22,25-26H,4-13,16,23-24H2,1-3H3. The van der Waals surface area contributed by atoms with Crippen LogP contribution in [0.25, 0.3) is 0 Å². The normalized spacial score (nSPS) is 16.7. The summed E-state index contributed by atoms with van der Waals surface area (Å²) in [7, 11) is 0. The van der Waals surface area contributed by atoms with E-state index in [0.717, 1.165) is 85.5 Å². The van der Waals surface area contributed by atoms with Crippen LogP contribution in [0.3, 0.4) is 0 Å². The first kappa shape index (κ1) is 28.3. The van der Waals surface area contributed by atoms with Gasteiger partial charge in [-0.15, -0.1) is 0 Å². The van der Waals surface area contributed by atoms with Crippen molar-refractivity contribution in [1.82, 2.24) is 0 Å². The van der Waals surface area contributed by atoms with Gasteiger partial charge in [-0.2, -0.15) is 0 Å².